The zero-order valence-electron chi connectivity index (χ0n) is 10.0. The molecule has 0 aromatic carbocycles. The molecule has 7 nitrogen and oxygen atoms in total. The number of likely N-dealkylation sites (tertiary alicyclic amines) is 1. The Kier molecular flexibility index (Phi) is 5.08. The van der Waals surface area contributed by atoms with E-state index < -0.39 is 30.3 Å². The van der Waals surface area contributed by atoms with E-state index in [1.165, 1.54) is 4.90 Å². The van der Waals surface area contributed by atoms with Crippen molar-refractivity contribution in [2.24, 2.45) is 11.7 Å². The number of nitrogens with zero attached hydrogens (tertiary/aromatic N) is 1. The monoisotopic (exact) mass is 258 g/mol. The van der Waals surface area contributed by atoms with Crippen LogP contribution in [0.5, 0.6) is 0 Å². The lowest BCUT2D eigenvalue weighted by molar-refractivity contribution is -0.143. The Labute approximate surface area is 105 Å². The standard InChI is InChI=1S/C11H18N2O5/c12-8(5-10(16)17)11(18)13-3-1-2-7(6-13)4-9(14)15/h7-8H,1-6,12H2,(H,14,15)(H,16,17). The van der Waals surface area contributed by atoms with Crippen LogP contribution in [0.4, 0.5) is 0 Å². The van der Waals surface area contributed by atoms with Crippen LogP contribution in [-0.2, 0) is 14.4 Å². The van der Waals surface area contributed by atoms with Crippen LogP contribution in [0.15, 0.2) is 0 Å². The summed E-state index contributed by atoms with van der Waals surface area (Å²) in [6, 6.07) is -1.05. The second-order valence-electron chi connectivity index (χ2n) is 4.59. The number of carboxylic acids is 2. The highest BCUT2D eigenvalue weighted by atomic mass is 16.4. The molecule has 1 aliphatic heterocycles. The molecule has 0 aromatic rings. The normalized spacial score (nSPS) is 21.4. The van der Waals surface area contributed by atoms with Crippen LogP contribution in [0.3, 0.4) is 0 Å². The van der Waals surface area contributed by atoms with E-state index in [2.05, 4.69) is 0 Å². The minimum Gasteiger partial charge on any atom is -0.481 e. The van der Waals surface area contributed by atoms with Crippen molar-refractivity contribution in [2.75, 3.05) is 13.1 Å². The maximum absolute atomic E-state index is 11.9. The first-order valence-corrected chi connectivity index (χ1v) is 5.88. The molecule has 1 rings (SSSR count). The van der Waals surface area contributed by atoms with Gasteiger partial charge in [-0.2, -0.15) is 0 Å². The first kappa shape index (κ1) is 14.4. The zero-order chi connectivity index (χ0) is 13.7. The molecule has 18 heavy (non-hydrogen) atoms. The number of piperidine rings is 1. The minimum absolute atomic E-state index is 0.0257. The fraction of sp³-hybridized carbons (Fsp3) is 0.727. The smallest absolute Gasteiger partial charge is 0.305 e. The number of hydrogen-bond donors (Lipinski definition) is 3. The number of aliphatic carboxylic acids is 2. The molecule has 4 N–H and O–H groups in total. The van der Waals surface area contributed by atoms with Crippen molar-refractivity contribution in [2.45, 2.75) is 31.7 Å². The summed E-state index contributed by atoms with van der Waals surface area (Å²) < 4.78 is 0. The molecule has 0 aromatic heterocycles. The van der Waals surface area contributed by atoms with Crippen molar-refractivity contribution in [1.82, 2.24) is 4.90 Å². The molecule has 0 saturated carbocycles. The second-order valence-corrected chi connectivity index (χ2v) is 4.59. The first-order valence-electron chi connectivity index (χ1n) is 5.88. The zero-order valence-corrected chi connectivity index (χ0v) is 10.0. The van der Waals surface area contributed by atoms with E-state index in [0.29, 0.717) is 13.1 Å². The largest absolute Gasteiger partial charge is 0.481 e. The molecule has 1 saturated heterocycles. The van der Waals surface area contributed by atoms with Gasteiger partial charge < -0.3 is 20.8 Å². The Bertz CT molecular complexity index is 344. The summed E-state index contributed by atoms with van der Waals surface area (Å²) in [5.41, 5.74) is 5.51. The molecule has 2 unspecified atom stereocenters. The second kappa shape index (κ2) is 6.34. The van der Waals surface area contributed by atoms with Crippen molar-refractivity contribution in [1.29, 1.82) is 0 Å². The summed E-state index contributed by atoms with van der Waals surface area (Å²) in [6.45, 7) is 0.862. The van der Waals surface area contributed by atoms with Gasteiger partial charge in [-0.05, 0) is 18.8 Å². The molecule has 2 atom stereocenters. The van der Waals surface area contributed by atoms with E-state index in [9.17, 15) is 14.4 Å². The van der Waals surface area contributed by atoms with Gasteiger partial charge in [0, 0.05) is 19.5 Å². The molecular weight excluding hydrogens is 240 g/mol. The highest BCUT2D eigenvalue weighted by Gasteiger charge is 2.28. The molecule has 1 amide bonds. The lowest BCUT2D eigenvalue weighted by Gasteiger charge is -2.33. The number of hydrogen-bond acceptors (Lipinski definition) is 4. The maximum atomic E-state index is 11.9. The van der Waals surface area contributed by atoms with Gasteiger partial charge in [-0.25, -0.2) is 0 Å². The van der Waals surface area contributed by atoms with Crippen molar-refractivity contribution in [3.05, 3.63) is 0 Å². The number of nitrogens with two attached hydrogens (primary N) is 1. The van der Waals surface area contributed by atoms with Crippen LogP contribution in [0.25, 0.3) is 0 Å². The van der Waals surface area contributed by atoms with Gasteiger partial charge in [0.15, 0.2) is 0 Å². The van der Waals surface area contributed by atoms with Crippen LogP contribution < -0.4 is 5.73 Å². The Morgan fingerprint density at radius 2 is 1.94 bits per heavy atom. The van der Waals surface area contributed by atoms with E-state index >= 15 is 0 Å². The summed E-state index contributed by atoms with van der Waals surface area (Å²) in [7, 11) is 0. The van der Waals surface area contributed by atoms with Gasteiger partial charge in [0.2, 0.25) is 5.91 Å². The van der Waals surface area contributed by atoms with Gasteiger partial charge in [0.1, 0.15) is 0 Å². The summed E-state index contributed by atoms with van der Waals surface area (Å²) in [4.78, 5) is 34.4. The highest BCUT2D eigenvalue weighted by molar-refractivity contribution is 5.86. The fourth-order valence-electron chi connectivity index (χ4n) is 2.19. The van der Waals surface area contributed by atoms with E-state index in [1.807, 2.05) is 0 Å². The van der Waals surface area contributed by atoms with Gasteiger partial charge in [0.05, 0.1) is 12.5 Å². The number of carbonyl (C=O) groups is 3. The van der Waals surface area contributed by atoms with Crippen LogP contribution in [-0.4, -0.2) is 52.1 Å². The summed E-state index contributed by atoms with van der Waals surface area (Å²) in [6.07, 6.45) is 1.12. The molecular formula is C11H18N2O5. The third-order valence-electron chi connectivity index (χ3n) is 3.01. The Morgan fingerprint density at radius 1 is 1.28 bits per heavy atom. The molecule has 0 bridgehead atoms. The Hall–Kier alpha value is -1.63. The van der Waals surface area contributed by atoms with Gasteiger partial charge in [-0.15, -0.1) is 0 Å². The first-order chi connectivity index (χ1) is 8.40. The molecule has 0 aliphatic carbocycles. The molecule has 0 spiro atoms. The number of rotatable bonds is 5. The van der Waals surface area contributed by atoms with Crippen LogP contribution in [0.1, 0.15) is 25.7 Å². The van der Waals surface area contributed by atoms with Gasteiger partial charge >= 0.3 is 11.9 Å². The predicted molar refractivity (Wildman–Crippen MR) is 61.8 cm³/mol. The fourth-order valence-corrected chi connectivity index (χ4v) is 2.19. The highest BCUT2D eigenvalue weighted by Crippen LogP contribution is 2.20. The Balaban J connectivity index is 2.52. The van der Waals surface area contributed by atoms with Gasteiger partial charge in [-0.1, -0.05) is 0 Å². The number of carboxylic acid groups (broad SMARTS) is 2. The lowest BCUT2D eigenvalue weighted by Crippen LogP contribution is -2.48. The molecule has 1 heterocycles. The van der Waals surface area contributed by atoms with E-state index in [1.54, 1.807) is 0 Å². The third-order valence-corrected chi connectivity index (χ3v) is 3.01. The lowest BCUT2D eigenvalue weighted by atomic mass is 9.94. The number of carbonyl (C=O) groups excluding carboxylic acids is 1. The SMILES string of the molecule is NC(CC(=O)O)C(=O)N1CCCC(CC(=O)O)C1. The van der Waals surface area contributed by atoms with Crippen molar-refractivity contribution in [3.8, 4) is 0 Å². The molecule has 7 heteroatoms. The summed E-state index contributed by atoms with van der Waals surface area (Å²) in [5.74, 6) is -2.48. The Morgan fingerprint density at radius 3 is 2.50 bits per heavy atom. The quantitative estimate of drug-likeness (QED) is 0.611. The van der Waals surface area contributed by atoms with E-state index in [4.69, 9.17) is 15.9 Å². The molecule has 1 fully saturated rings. The van der Waals surface area contributed by atoms with Gasteiger partial charge in [-0.3, -0.25) is 14.4 Å². The van der Waals surface area contributed by atoms with Crippen LogP contribution >= 0.6 is 0 Å². The van der Waals surface area contributed by atoms with E-state index in [-0.39, 0.29) is 12.3 Å². The molecule has 0 radical (unpaired) electrons. The average Bonchev–Trinajstić information content (AvgIpc) is 2.26. The van der Waals surface area contributed by atoms with Crippen molar-refractivity contribution < 1.29 is 24.6 Å². The van der Waals surface area contributed by atoms with Crippen LogP contribution in [0, 0.1) is 5.92 Å². The topological polar surface area (TPSA) is 121 Å². The average molecular weight is 258 g/mol. The molecule has 102 valence electrons. The summed E-state index contributed by atoms with van der Waals surface area (Å²) in [5, 5.41) is 17.3. The van der Waals surface area contributed by atoms with Crippen molar-refractivity contribution >= 4 is 17.8 Å². The van der Waals surface area contributed by atoms with E-state index in [0.717, 1.165) is 12.8 Å². The number of amides is 1. The third kappa shape index (κ3) is 4.33. The van der Waals surface area contributed by atoms with Gasteiger partial charge in [0.25, 0.3) is 0 Å². The van der Waals surface area contributed by atoms with Crippen molar-refractivity contribution in [3.63, 3.8) is 0 Å². The predicted octanol–water partition coefficient (Wildman–Crippen LogP) is -0.498. The molecule has 1 aliphatic rings. The maximum Gasteiger partial charge on any atom is 0.305 e. The minimum atomic E-state index is -1.12. The van der Waals surface area contributed by atoms with Crippen LogP contribution in [0.2, 0.25) is 0 Å². The summed E-state index contributed by atoms with van der Waals surface area (Å²) >= 11 is 0.